The molecule has 8 nitrogen and oxygen atoms in total. The Hall–Kier alpha value is -1.68. The lowest BCUT2D eigenvalue weighted by Gasteiger charge is -2.18. The van der Waals surface area contributed by atoms with E-state index in [4.69, 9.17) is 26.4 Å². The predicted octanol–water partition coefficient (Wildman–Crippen LogP) is 1.55. The third kappa shape index (κ3) is 4.78. The van der Waals surface area contributed by atoms with Crippen molar-refractivity contribution in [2.45, 2.75) is 46.2 Å². The molecule has 0 aromatic carbocycles. The Kier molecular flexibility index (Phi) is 7.40. The Balaban J connectivity index is 2.99. The lowest BCUT2D eigenvalue weighted by atomic mass is 9.97. The highest BCUT2D eigenvalue weighted by Crippen LogP contribution is 2.48. The Bertz CT molecular complexity index is 638. The SMILES string of the molecule is COC(=O)C1(C(=O)OC)C(C(C)C)N1C(=O)C(=O)SC(=S)OCC(C)(C)C. The first-order chi connectivity index (χ1) is 12.3. The van der Waals surface area contributed by atoms with Gasteiger partial charge in [-0.1, -0.05) is 34.6 Å². The second-order valence-electron chi connectivity index (χ2n) is 7.60. The van der Waals surface area contributed by atoms with Crippen LogP contribution in [0.2, 0.25) is 0 Å². The molecule has 0 saturated carbocycles. The molecule has 0 N–H and O–H groups in total. The molecule has 0 spiro atoms. The monoisotopic (exact) mass is 419 g/mol. The maximum atomic E-state index is 12.6. The molecular weight excluding hydrogens is 394 g/mol. The van der Waals surface area contributed by atoms with Crippen LogP contribution in [0.3, 0.4) is 0 Å². The van der Waals surface area contributed by atoms with Crippen LogP contribution in [0, 0.1) is 11.3 Å². The summed E-state index contributed by atoms with van der Waals surface area (Å²) in [7, 11) is 2.19. The van der Waals surface area contributed by atoms with Crippen LogP contribution in [-0.4, -0.2) is 64.7 Å². The van der Waals surface area contributed by atoms with Crippen molar-refractivity contribution in [3.8, 4) is 0 Å². The van der Waals surface area contributed by atoms with Crippen molar-refractivity contribution in [3.05, 3.63) is 0 Å². The van der Waals surface area contributed by atoms with Gasteiger partial charge in [0.15, 0.2) is 0 Å². The molecular formula is C17H25NO7S2. The van der Waals surface area contributed by atoms with E-state index in [0.717, 1.165) is 19.1 Å². The van der Waals surface area contributed by atoms with Gasteiger partial charge in [-0.15, -0.1) is 0 Å². The Morgan fingerprint density at radius 2 is 1.59 bits per heavy atom. The minimum absolute atomic E-state index is 0.104. The van der Waals surface area contributed by atoms with E-state index in [1.165, 1.54) is 0 Å². The first-order valence-electron chi connectivity index (χ1n) is 8.23. The molecule has 1 unspecified atom stereocenters. The molecule has 0 bridgehead atoms. The number of ether oxygens (including phenoxy) is 3. The number of carbonyl (C=O) groups excluding carboxylic acids is 4. The van der Waals surface area contributed by atoms with Crippen molar-refractivity contribution < 1.29 is 33.4 Å². The summed E-state index contributed by atoms with van der Waals surface area (Å²) in [4.78, 5) is 50.5. The molecule has 10 heteroatoms. The van der Waals surface area contributed by atoms with Crippen LogP contribution in [0.25, 0.3) is 0 Å². The van der Waals surface area contributed by atoms with Crippen LogP contribution in [0.4, 0.5) is 0 Å². The summed E-state index contributed by atoms with van der Waals surface area (Å²) in [6.07, 6.45) is 0. The highest BCUT2D eigenvalue weighted by Gasteiger charge is 2.78. The van der Waals surface area contributed by atoms with E-state index < -0.39 is 34.5 Å². The quantitative estimate of drug-likeness (QED) is 0.221. The fourth-order valence-corrected chi connectivity index (χ4v) is 3.48. The molecule has 0 radical (unpaired) electrons. The second-order valence-corrected chi connectivity index (χ2v) is 9.18. The molecule has 152 valence electrons. The largest absolute Gasteiger partial charge is 0.478 e. The highest BCUT2D eigenvalue weighted by molar-refractivity contribution is 8.33. The van der Waals surface area contributed by atoms with Crippen LogP contribution >= 0.6 is 24.0 Å². The number of carbonyl (C=O) groups is 4. The van der Waals surface area contributed by atoms with Gasteiger partial charge in [0.2, 0.25) is 4.38 Å². The van der Waals surface area contributed by atoms with Gasteiger partial charge in [-0.05, 0) is 23.6 Å². The Morgan fingerprint density at radius 3 is 1.96 bits per heavy atom. The molecule has 27 heavy (non-hydrogen) atoms. The first-order valence-corrected chi connectivity index (χ1v) is 9.46. The molecule has 0 aromatic rings. The minimum atomic E-state index is -1.96. The number of methoxy groups -OCH3 is 2. The highest BCUT2D eigenvalue weighted by atomic mass is 32.2. The average Bonchev–Trinajstić information content (AvgIpc) is 3.28. The lowest BCUT2D eigenvalue weighted by molar-refractivity contribution is -0.160. The summed E-state index contributed by atoms with van der Waals surface area (Å²) >= 11 is 5.42. The van der Waals surface area contributed by atoms with E-state index in [1.807, 2.05) is 20.8 Å². The van der Waals surface area contributed by atoms with Gasteiger partial charge < -0.3 is 19.1 Å². The molecule has 0 aromatic heterocycles. The van der Waals surface area contributed by atoms with E-state index in [0.29, 0.717) is 11.8 Å². The number of nitrogens with zero attached hydrogens (tertiary/aromatic N) is 1. The number of hydrogen-bond acceptors (Lipinski definition) is 9. The van der Waals surface area contributed by atoms with Crippen molar-refractivity contribution in [2.24, 2.45) is 11.3 Å². The van der Waals surface area contributed by atoms with Gasteiger partial charge in [-0.2, -0.15) is 0 Å². The maximum Gasteiger partial charge on any atom is 0.345 e. The molecule has 1 heterocycles. The fraction of sp³-hybridized carbons (Fsp3) is 0.706. The fourth-order valence-electron chi connectivity index (χ4n) is 2.74. The molecule has 1 atom stereocenters. The van der Waals surface area contributed by atoms with Crippen LogP contribution in [0.15, 0.2) is 0 Å². The normalized spacial score (nSPS) is 17.9. The molecule has 1 saturated heterocycles. The van der Waals surface area contributed by atoms with Gasteiger partial charge in [-0.3, -0.25) is 9.59 Å². The summed E-state index contributed by atoms with van der Waals surface area (Å²) in [5, 5.41) is -0.950. The number of esters is 2. The second kappa shape index (κ2) is 8.55. The molecule has 1 fully saturated rings. The van der Waals surface area contributed by atoms with Crippen LogP contribution in [0.5, 0.6) is 0 Å². The molecule has 0 aliphatic carbocycles. The predicted molar refractivity (Wildman–Crippen MR) is 103 cm³/mol. The van der Waals surface area contributed by atoms with Crippen molar-refractivity contribution in [1.29, 1.82) is 0 Å². The third-order valence-electron chi connectivity index (χ3n) is 3.84. The zero-order chi connectivity index (χ0) is 21.2. The summed E-state index contributed by atoms with van der Waals surface area (Å²) < 4.78 is 14.6. The summed E-state index contributed by atoms with van der Waals surface area (Å²) in [5.41, 5.74) is -2.13. The lowest BCUT2D eigenvalue weighted by Crippen LogP contribution is -2.43. The summed E-state index contributed by atoms with van der Waals surface area (Å²) in [6, 6.07) is -0.849. The number of thiocarbonyl (C=S) groups is 1. The molecule has 1 aliphatic rings. The Morgan fingerprint density at radius 1 is 1.11 bits per heavy atom. The van der Waals surface area contributed by atoms with E-state index in [9.17, 15) is 19.2 Å². The minimum Gasteiger partial charge on any atom is -0.478 e. The number of thioether (sulfide) groups is 1. The number of amides is 1. The van der Waals surface area contributed by atoms with Gasteiger partial charge in [0.25, 0.3) is 10.7 Å². The third-order valence-corrected chi connectivity index (χ3v) is 4.85. The van der Waals surface area contributed by atoms with Crippen LogP contribution < -0.4 is 0 Å². The molecule has 1 rings (SSSR count). The van der Waals surface area contributed by atoms with Crippen LogP contribution in [-0.2, 0) is 33.4 Å². The van der Waals surface area contributed by atoms with E-state index in [2.05, 4.69) is 0 Å². The Labute approximate surface area is 168 Å². The molecule has 1 amide bonds. The van der Waals surface area contributed by atoms with Crippen molar-refractivity contribution in [1.82, 2.24) is 4.90 Å². The first kappa shape index (κ1) is 23.4. The van der Waals surface area contributed by atoms with E-state index >= 15 is 0 Å². The average molecular weight is 420 g/mol. The smallest absolute Gasteiger partial charge is 0.345 e. The van der Waals surface area contributed by atoms with Gasteiger partial charge in [0.1, 0.15) is 0 Å². The van der Waals surface area contributed by atoms with Crippen molar-refractivity contribution in [2.75, 3.05) is 20.8 Å². The topological polar surface area (TPSA) is 99.0 Å². The summed E-state index contributed by atoms with van der Waals surface area (Å²) in [6.45, 7) is 9.49. The number of rotatable bonds is 4. The number of hydrogen-bond donors (Lipinski definition) is 0. The maximum absolute atomic E-state index is 12.6. The summed E-state index contributed by atoms with van der Waals surface area (Å²) in [5.74, 6) is -3.23. The zero-order valence-electron chi connectivity index (χ0n) is 16.5. The van der Waals surface area contributed by atoms with Gasteiger partial charge in [0.05, 0.1) is 26.9 Å². The van der Waals surface area contributed by atoms with Crippen molar-refractivity contribution >= 4 is 51.3 Å². The standard InChI is InChI=1S/C17H25NO7S2/c1-9(2)10-17(13(21)23-6,14(22)24-7)18(10)11(19)12(20)27-15(26)25-8-16(3,4)5/h9-10H,8H2,1-7H3. The van der Waals surface area contributed by atoms with Gasteiger partial charge in [-0.25, -0.2) is 9.59 Å². The van der Waals surface area contributed by atoms with Crippen LogP contribution in [0.1, 0.15) is 34.6 Å². The zero-order valence-corrected chi connectivity index (χ0v) is 18.1. The van der Waals surface area contributed by atoms with Crippen molar-refractivity contribution in [3.63, 3.8) is 0 Å². The van der Waals surface area contributed by atoms with E-state index in [-0.39, 0.29) is 22.3 Å². The van der Waals surface area contributed by atoms with E-state index in [1.54, 1.807) is 13.8 Å². The van der Waals surface area contributed by atoms with Gasteiger partial charge >= 0.3 is 17.8 Å². The van der Waals surface area contributed by atoms with Gasteiger partial charge in [0, 0.05) is 11.8 Å². The molecule has 1 aliphatic heterocycles.